The van der Waals surface area contributed by atoms with Crippen molar-refractivity contribution in [2.24, 2.45) is 5.10 Å². The van der Waals surface area contributed by atoms with Crippen LogP contribution in [0.1, 0.15) is 11.1 Å². The minimum Gasteiger partial charge on any atom is -0.423 e. The van der Waals surface area contributed by atoms with Crippen molar-refractivity contribution in [2.75, 3.05) is 5.32 Å². The predicted octanol–water partition coefficient (Wildman–Crippen LogP) is 4.70. The van der Waals surface area contributed by atoms with Gasteiger partial charge in [-0.3, -0.25) is 9.59 Å². The molecule has 33 heavy (non-hydrogen) atoms. The first-order valence-electron chi connectivity index (χ1n) is 9.55. The second-order valence-electron chi connectivity index (χ2n) is 6.51. The maximum absolute atomic E-state index is 12.0. The van der Waals surface area contributed by atoms with Gasteiger partial charge < -0.3 is 10.1 Å². The van der Waals surface area contributed by atoms with E-state index in [4.69, 9.17) is 27.9 Å². The van der Waals surface area contributed by atoms with Gasteiger partial charge in [0.25, 0.3) is 0 Å². The fourth-order valence-electron chi connectivity index (χ4n) is 2.49. The summed E-state index contributed by atoms with van der Waals surface area (Å²) in [4.78, 5) is 35.8. The van der Waals surface area contributed by atoms with E-state index in [-0.39, 0.29) is 10.7 Å². The number of ether oxygens (including phenoxy) is 1. The molecule has 0 fully saturated rings. The summed E-state index contributed by atoms with van der Waals surface area (Å²) in [5.74, 6) is -2.12. The Bertz CT molecular complexity index is 1210. The lowest BCUT2D eigenvalue weighted by molar-refractivity contribution is -0.136. The number of rotatable bonds is 6. The Balaban J connectivity index is 1.48. The molecular formula is C24H17Cl2N3O4. The summed E-state index contributed by atoms with van der Waals surface area (Å²) in [6.07, 6.45) is 4.32. The molecule has 2 N–H and O–H groups in total. The number of benzene rings is 3. The largest absolute Gasteiger partial charge is 0.423 e. The molecular weight excluding hydrogens is 465 g/mol. The Morgan fingerprint density at radius 3 is 2.30 bits per heavy atom. The summed E-state index contributed by atoms with van der Waals surface area (Å²) in [6.45, 7) is 0. The van der Waals surface area contributed by atoms with Gasteiger partial charge in [-0.05, 0) is 59.7 Å². The molecule has 0 aliphatic rings. The molecule has 7 nitrogen and oxygen atoms in total. The topological polar surface area (TPSA) is 96.9 Å². The highest BCUT2D eigenvalue weighted by Gasteiger charge is 2.14. The van der Waals surface area contributed by atoms with E-state index in [9.17, 15) is 14.4 Å². The molecule has 0 unspecified atom stereocenters. The lowest BCUT2D eigenvalue weighted by Crippen LogP contribution is -2.32. The Morgan fingerprint density at radius 2 is 1.58 bits per heavy atom. The highest BCUT2D eigenvalue weighted by atomic mass is 35.5. The van der Waals surface area contributed by atoms with Crippen molar-refractivity contribution in [3.8, 4) is 5.75 Å². The highest BCUT2D eigenvalue weighted by molar-refractivity contribution is 6.42. The Labute approximate surface area is 199 Å². The van der Waals surface area contributed by atoms with Gasteiger partial charge in [0.05, 0.1) is 16.9 Å². The van der Waals surface area contributed by atoms with Gasteiger partial charge in [0, 0.05) is 11.1 Å². The van der Waals surface area contributed by atoms with E-state index in [1.807, 2.05) is 30.3 Å². The van der Waals surface area contributed by atoms with Crippen LogP contribution >= 0.6 is 23.2 Å². The highest BCUT2D eigenvalue weighted by Crippen LogP contribution is 2.25. The molecule has 0 aromatic heterocycles. The number of carbonyl (C=O) groups is 3. The first kappa shape index (κ1) is 23.7. The van der Waals surface area contributed by atoms with Gasteiger partial charge in [-0.25, -0.2) is 10.2 Å². The summed E-state index contributed by atoms with van der Waals surface area (Å²) < 4.78 is 5.23. The monoisotopic (exact) mass is 481 g/mol. The summed E-state index contributed by atoms with van der Waals surface area (Å²) in [7, 11) is 0. The van der Waals surface area contributed by atoms with E-state index in [0.29, 0.717) is 16.3 Å². The Kier molecular flexibility index (Phi) is 8.35. The van der Waals surface area contributed by atoms with Gasteiger partial charge in [0.1, 0.15) is 5.75 Å². The van der Waals surface area contributed by atoms with Gasteiger partial charge in [0.15, 0.2) is 0 Å². The number of halogens is 2. The molecule has 3 aromatic rings. The number of amides is 2. The number of hydrogen-bond donors (Lipinski definition) is 2. The van der Waals surface area contributed by atoms with Crippen LogP contribution in [0.4, 0.5) is 5.69 Å². The predicted molar refractivity (Wildman–Crippen MR) is 128 cm³/mol. The minimum atomic E-state index is -0.988. The molecule has 3 rings (SSSR count). The molecule has 0 radical (unpaired) electrons. The smallest absolute Gasteiger partial charge is 0.336 e. The number of hydrazone groups is 1. The van der Waals surface area contributed by atoms with Crippen LogP contribution in [-0.4, -0.2) is 24.0 Å². The summed E-state index contributed by atoms with van der Waals surface area (Å²) in [5.41, 5.74) is 3.80. The number of hydrogen-bond acceptors (Lipinski definition) is 5. The summed E-state index contributed by atoms with van der Waals surface area (Å²) in [5, 5.41) is 6.68. The van der Waals surface area contributed by atoms with Gasteiger partial charge >= 0.3 is 17.8 Å². The van der Waals surface area contributed by atoms with Crippen LogP contribution < -0.4 is 15.5 Å². The lowest BCUT2D eigenvalue weighted by atomic mass is 10.2. The van der Waals surface area contributed by atoms with Crippen molar-refractivity contribution in [1.82, 2.24) is 5.43 Å². The molecule has 9 heteroatoms. The molecule has 0 aliphatic carbocycles. The van der Waals surface area contributed by atoms with Gasteiger partial charge in [-0.1, -0.05) is 53.5 Å². The van der Waals surface area contributed by atoms with Crippen LogP contribution in [0.25, 0.3) is 6.08 Å². The zero-order valence-electron chi connectivity index (χ0n) is 17.0. The molecule has 0 bridgehead atoms. The van der Waals surface area contributed by atoms with E-state index in [1.54, 1.807) is 36.4 Å². The van der Waals surface area contributed by atoms with Crippen LogP contribution in [0, 0.1) is 0 Å². The van der Waals surface area contributed by atoms with Crippen molar-refractivity contribution in [2.45, 2.75) is 0 Å². The number of carbonyl (C=O) groups excluding carboxylic acids is 3. The molecule has 3 aromatic carbocycles. The van der Waals surface area contributed by atoms with Crippen LogP contribution in [-0.2, 0) is 14.4 Å². The number of esters is 1. The fourth-order valence-corrected chi connectivity index (χ4v) is 2.83. The second kappa shape index (κ2) is 11.6. The van der Waals surface area contributed by atoms with Gasteiger partial charge in [-0.2, -0.15) is 5.10 Å². The Hall–Kier alpha value is -3.94. The third-order valence-electron chi connectivity index (χ3n) is 4.07. The van der Waals surface area contributed by atoms with E-state index >= 15 is 0 Å². The summed E-state index contributed by atoms with van der Waals surface area (Å²) >= 11 is 11.8. The lowest BCUT2D eigenvalue weighted by Gasteiger charge is -2.06. The van der Waals surface area contributed by atoms with E-state index in [1.165, 1.54) is 24.4 Å². The van der Waals surface area contributed by atoms with Crippen molar-refractivity contribution < 1.29 is 19.1 Å². The molecule has 0 atom stereocenters. The molecule has 0 saturated heterocycles. The molecule has 2 amide bonds. The summed E-state index contributed by atoms with van der Waals surface area (Å²) in [6, 6.07) is 20.2. The van der Waals surface area contributed by atoms with Crippen molar-refractivity contribution in [3.05, 3.63) is 100 Å². The zero-order valence-corrected chi connectivity index (χ0v) is 18.5. The third-order valence-corrected chi connectivity index (χ3v) is 4.64. The first-order valence-corrected chi connectivity index (χ1v) is 10.3. The van der Waals surface area contributed by atoms with E-state index in [2.05, 4.69) is 15.8 Å². The van der Waals surface area contributed by atoms with E-state index < -0.39 is 17.8 Å². The van der Waals surface area contributed by atoms with Crippen LogP contribution in [0.5, 0.6) is 5.75 Å². The second-order valence-corrected chi connectivity index (χ2v) is 7.36. The van der Waals surface area contributed by atoms with Crippen molar-refractivity contribution in [1.29, 1.82) is 0 Å². The quantitative estimate of drug-likeness (QED) is 0.133. The first-order chi connectivity index (χ1) is 15.9. The standard InChI is InChI=1S/C24H17Cl2N3O4/c25-18-9-12-20(26)21(14-18)28-23(31)24(32)29-27-15-17-6-10-19(11-7-17)33-22(30)13-8-16-4-2-1-3-5-16/h1-15H,(H,28,31)(H,29,32). The Morgan fingerprint density at radius 1 is 0.848 bits per heavy atom. The number of nitrogens with one attached hydrogen (secondary N) is 2. The van der Waals surface area contributed by atoms with Gasteiger partial charge in [0.2, 0.25) is 0 Å². The number of anilines is 1. The maximum atomic E-state index is 12.0. The van der Waals surface area contributed by atoms with Crippen molar-refractivity contribution in [3.63, 3.8) is 0 Å². The molecule has 166 valence electrons. The normalized spacial score (nSPS) is 10.8. The molecule has 0 aliphatic heterocycles. The maximum Gasteiger partial charge on any atom is 0.336 e. The van der Waals surface area contributed by atoms with Crippen LogP contribution in [0.15, 0.2) is 84.0 Å². The molecule has 0 spiro atoms. The fraction of sp³-hybridized carbons (Fsp3) is 0. The number of nitrogens with zero attached hydrogens (tertiary/aromatic N) is 1. The van der Waals surface area contributed by atoms with Gasteiger partial charge in [-0.15, -0.1) is 0 Å². The zero-order chi connectivity index (χ0) is 23.6. The molecule has 0 heterocycles. The SMILES string of the molecule is O=C(C=Cc1ccccc1)Oc1ccc(C=NNC(=O)C(=O)Nc2cc(Cl)ccc2Cl)cc1. The van der Waals surface area contributed by atoms with E-state index in [0.717, 1.165) is 5.56 Å². The van der Waals surface area contributed by atoms with Crippen molar-refractivity contribution >= 4 is 59.0 Å². The van der Waals surface area contributed by atoms with Crippen LogP contribution in [0.2, 0.25) is 10.0 Å². The average molecular weight is 482 g/mol. The minimum absolute atomic E-state index is 0.206. The molecule has 0 saturated carbocycles. The average Bonchev–Trinajstić information content (AvgIpc) is 2.82. The van der Waals surface area contributed by atoms with Crippen LogP contribution in [0.3, 0.4) is 0 Å². The third kappa shape index (κ3) is 7.60.